The Hall–Kier alpha value is 0.324. The lowest BCUT2D eigenvalue weighted by Crippen LogP contribution is -2.57. The van der Waals surface area contributed by atoms with Crippen LogP contribution in [0.3, 0.4) is 0 Å². The smallest absolute Gasteiger partial charge is 0.138 e. The SMILES string of the molecule is C[Si](C)(C)N(C=S)[Si](C)(C)C. The van der Waals surface area contributed by atoms with Gasteiger partial charge in [-0.3, -0.25) is 0 Å². The third-order valence-corrected chi connectivity index (χ3v) is 9.31. The molecule has 0 rings (SSSR count). The Morgan fingerprint density at radius 3 is 1.18 bits per heavy atom. The summed E-state index contributed by atoms with van der Waals surface area (Å²) < 4.78 is 2.47. The van der Waals surface area contributed by atoms with Crippen LogP contribution in [0.2, 0.25) is 39.3 Å². The normalized spacial score (nSPS) is 12.9. The molecule has 0 amide bonds. The topological polar surface area (TPSA) is 3.24 Å². The van der Waals surface area contributed by atoms with E-state index < -0.39 is 16.5 Å². The van der Waals surface area contributed by atoms with Crippen LogP contribution in [0, 0.1) is 0 Å². The van der Waals surface area contributed by atoms with E-state index in [1.165, 1.54) is 0 Å². The van der Waals surface area contributed by atoms with E-state index in [2.05, 4.69) is 43.5 Å². The van der Waals surface area contributed by atoms with Crippen LogP contribution in [-0.4, -0.2) is 26.2 Å². The minimum atomic E-state index is -1.19. The van der Waals surface area contributed by atoms with E-state index in [0.29, 0.717) is 0 Å². The van der Waals surface area contributed by atoms with Gasteiger partial charge in [0, 0.05) is 5.49 Å². The van der Waals surface area contributed by atoms with Gasteiger partial charge in [-0.15, -0.1) is 0 Å². The highest BCUT2D eigenvalue weighted by Crippen LogP contribution is 2.17. The van der Waals surface area contributed by atoms with E-state index in [4.69, 9.17) is 12.2 Å². The molecule has 66 valence electrons. The van der Waals surface area contributed by atoms with Crippen LogP contribution in [0.1, 0.15) is 0 Å². The molecule has 0 aromatic carbocycles. The van der Waals surface area contributed by atoms with Gasteiger partial charge in [-0.25, -0.2) is 0 Å². The van der Waals surface area contributed by atoms with Crippen molar-refractivity contribution in [2.45, 2.75) is 39.3 Å². The molecule has 0 atom stereocenters. The maximum absolute atomic E-state index is 5.04. The summed E-state index contributed by atoms with van der Waals surface area (Å²) in [6, 6.07) is 0. The second-order valence-electron chi connectivity index (χ2n) is 4.82. The van der Waals surface area contributed by atoms with Gasteiger partial charge in [0.05, 0.1) is 0 Å². The van der Waals surface area contributed by atoms with Gasteiger partial charge in [-0.05, 0) is 0 Å². The zero-order valence-electron chi connectivity index (χ0n) is 8.43. The Morgan fingerprint density at radius 2 is 1.18 bits per heavy atom. The molecule has 0 saturated heterocycles. The summed E-state index contributed by atoms with van der Waals surface area (Å²) >= 11 is 5.04. The first kappa shape index (κ1) is 11.3. The van der Waals surface area contributed by atoms with Crippen molar-refractivity contribution in [1.29, 1.82) is 0 Å². The van der Waals surface area contributed by atoms with Gasteiger partial charge in [-0.1, -0.05) is 51.5 Å². The van der Waals surface area contributed by atoms with Crippen molar-refractivity contribution >= 4 is 34.2 Å². The average Bonchev–Trinajstić information content (AvgIpc) is 1.56. The average molecular weight is 205 g/mol. The first-order valence-electron chi connectivity index (χ1n) is 3.94. The second-order valence-corrected chi connectivity index (χ2v) is 15.1. The minimum absolute atomic E-state index is 1.19. The van der Waals surface area contributed by atoms with E-state index in [1.807, 2.05) is 5.49 Å². The summed E-state index contributed by atoms with van der Waals surface area (Å²) in [5.41, 5.74) is 1.87. The van der Waals surface area contributed by atoms with Gasteiger partial charge in [0.2, 0.25) is 0 Å². The Bertz CT molecular complexity index is 132. The lowest BCUT2D eigenvalue weighted by atomic mass is 11.5. The van der Waals surface area contributed by atoms with Crippen molar-refractivity contribution in [2.75, 3.05) is 0 Å². The van der Waals surface area contributed by atoms with Crippen LogP contribution in [-0.2, 0) is 0 Å². The highest BCUT2D eigenvalue weighted by atomic mass is 32.1. The summed E-state index contributed by atoms with van der Waals surface area (Å²) in [4.78, 5) is 0. The first-order valence-corrected chi connectivity index (χ1v) is 11.3. The van der Waals surface area contributed by atoms with Gasteiger partial charge in [0.1, 0.15) is 16.5 Å². The first-order chi connectivity index (χ1) is 4.69. The number of nitrogens with zero attached hydrogens (tertiary/aromatic N) is 1. The van der Waals surface area contributed by atoms with Crippen LogP contribution in [0.15, 0.2) is 0 Å². The van der Waals surface area contributed by atoms with Crippen LogP contribution in [0.25, 0.3) is 0 Å². The van der Waals surface area contributed by atoms with Gasteiger partial charge in [0.25, 0.3) is 0 Å². The van der Waals surface area contributed by atoms with Gasteiger partial charge in [-0.2, -0.15) is 0 Å². The van der Waals surface area contributed by atoms with Crippen molar-refractivity contribution < 1.29 is 0 Å². The molecular weight excluding hydrogens is 186 g/mol. The fourth-order valence-electron chi connectivity index (χ4n) is 1.32. The highest BCUT2D eigenvalue weighted by Gasteiger charge is 2.31. The number of hydrogen-bond donors (Lipinski definition) is 0. The van der Waals surface area contributed by atoms with Crippen molar-refractivity contribution in [1.82, 2.24) is 4.23 Å². The van der Waals surface area contributed by atoms with Crippen molar-refractivity contribution in [3.8, 4) is 0 Å². The maximum atomic E-state index is 5.04. The lowest BCUT2D eigenvalue weighted by molar-refractivity contribution is 0.944. The van der Waals surface area contributed by atoms with Crippen LogP contribution >= 0.6 is 12.2 Å². The van der Waals surface area contributed by atoms with E-state index in [-0.39, 0.29) is 0 Å². The third-order valence-electron chi connectivity index (χ3n) is 1.55. The molecule has 0 bridgehead atoms. The largest absolute Gasteiger partial charge is 0.422 e. The van der Waals surface area contributed by atoms with E-state index >= 15 is 0 Å². The molecule has 0 aliphatic carbocycles. The van der Waals surface area contributed by atoms with Crippen molar-refractivity contribution in [2.24, 2.45) is 0 Å². The maximum Gasteiger partial charge on any atom is 0.138 e. The molecule has 0 spiro atoms. The fourth-order valence-corrected chi connectivity index (χ4v) is 11.9. The Morgan fingerprint density at radius 1 is 0.909 bits per heavy atom. The second kappa shape index (κ2) is 3.37. The molecule has 0 unspecified atom stereocenters. The fraction of sp³-hybridized carbons (Fsp3) is 0.857. The van der Waals surface area contributed by atoms with E-state index in [0.717, 1.165) is 0 Å². The molecule has 0 aliphatic rings. The van der Waals surface area contributed by atoms with Gasteiger partial charge < -0.3 is 4.23 Å². The van der Waals surface area contributed by atoms with E-state index in [9.17, 15) is 0 Å². The molecule has 0 N–H and O–H groups in total. The van der Waals surface area contributed by atoms with Crippen molar-refractivity contribution in [3.05, 3.63) is 0 Å². The molecule has 0 radical (unpaired) electrons. The summed E-state index contributed by atoms with van der Waals surface area (Å²) in [5, 5.41) is 0. The third kappa shape index (κ3) is 3.49. The lowest BCUT2D eigenvalue weighted by Gasteiger charge is -2.42. The van der Waals surface area contributed by atoms with Gasteiger partial charge in [0.15, 0.2) is 0 Å². The van der Waals surface area contributed by atoms with E-state index in [1.54, 1.807) is 0 Å². The standard InChI is InChI=1S/C7H19NSSi2/c1-10(2,3)8(7-9)11(4,5)6/h7H,1-6H3. The summed E-state index contributed by atoms with van der Waals surface area (Å²) in [6.07, 6.45) is 0. The molecule has 0 fully saturated rings. The number of rotatable bonds is 3. The summed E-state index contributed by atoms with van der Waals surface area (Å²) in [6.45, 7) is 14.0. The predicted molar refractivity (Wildman–Crippen MR) is 62.2 cm³/mol. The molecule has 11 heavy (non-hydrogen) atoms. The Balaban J connectivity index is 4.56. The molecule has 0 heterocycles. The number of thiocarbonyl (C=S) groups is 1. The molecule has 4 heteroatoms. The Labute approximate surface area is 78.0 Å². The van der Waals surface area contributed by atoms with Crippen LogP contribution in [0.4, 0.5) is 0 Å². The minimum Gasteiger partial charge on any atom is -0.422 e. The highest BCUT2D eigenvalue weighted by molar-refractivity contribution is 7.79. The molecule has 0 aromatic heterocycles. The summed E-state index contributed by atoms with van der Waals surface area (Å²) in [7, 11) is -2.37. The quantitative estimate of drug-likeness (QED) is 0.515. The zero-order chi connectivity index (χ0) is 9.28. The van der Waals surface area contributed by atoms with Gasteiger partial charge >= 0.3 is 0 Å². The molecular formula is C7H19NSSi2. The Kier molecular flexibility index (Phi) is 3.47. The molecule has 0 aliphatic heterocycles. The molecule has 0 aromatic rings. The van der Waals surface area contributed by atoms with Crippen molar-refractivity contribution in [3.63, 3.8) is 0 Å². The van der Waals surface area contributed by atoms with Crippen LogP contribution in [0.5, 0.6) is 0 Å². The monoisotopic (exact) mass is 205 g/mol. The zero-order valence-corrected chi connectivity index (χ0v) is 11.2. The van der Waals surface area contributed by atoms with Crippen LogP contribution < -0.4 is 0 Å². The number of hydrogen-bond acceptors (Lipinski definition) is 1. The summed E-state index contributed by atoms with van der Waals surface area (Å²) in [5.74, 6) is 0. The molecule has 0 saturated carbocycles. The predicted octanol–water partition coefficient (Wildman–Crippen LogP) is 2.92. The molecule has 1 nitrogen and oxygen atoms in total.